The molecule has 3 atom stereocenters. The van der Waals surface area contributed by atoms with Crippen molar-refractivity contribution in [2.45, 2.75) is 31.5 Å². The molecule has 0 bridgehead atoms. The van der Waals surface area contributed by atoms with E-state index in [1.165, 1.54) is 12.4 Å². The summed E-state index contributed by atoms with van der Waals surface area (Å²) in [6.45, 7) is 0.453. The van der Waals surface area contributed by atoms with Crippen LogP contribution in [0.25, 0.3) is 22.2 Å². The molecule has 1 N–H and O–H groups in total. The second-order valence-corrected chi connectivity index (χ2v) is 8.61. The number of rotatable bonds is 6. The Labute approximate surface area is 188 Å². The first kappa shape index (κ1) is 21.9. The standard InChI is InChI=1S/C23H24BrFN2O4/c1-29-20-6-3-13(7-19(20)28)11-31-22-10-18-16(9-21(22)30-2)23(27-12-26-18)15-5-4-14(24)8-17(15)25/h4-5,8-10,12-13,19-20,28H,3,6-7,11H2,1-2H3. The van der Waals surface area contributed by atoms with E-state index >= 15 is 0 Å². The van der Waals surface area contributed by atoms with E-state index in [1.807, 2.05) is 0 Å². The molecule has 1 aromatic heterocycles. The summed E-state index contributed by atoms with van der Waals surface area (Å²) in [6.07, 6.45) is 3.17. The predicted octanol–water partition coefficient (Wildman–Crippen LogP) is 4.76. The SMILES string of the molecule is COc1cc2c(-c3ccc(Br)cc3F)ncnc2cc1OCC1CCC(OC)C(O)C1. The zero-order chi connectivity index (χ0) is 22.0. The fourth-order valence-electron chi connectivity index (χ4n) is 4.07. The quantitative estimate of drug-likeness (QED) is 0.536. The fourth-order valence-corrected chi connectivity index (χ4v) is 4.40. The predicted molar refractivity (Wildman–Crippen MR) is 119 cm³/mol. The maximum atomic E-state index is 14.6. The Morgan fingerprint density at radius 3 is 2.68 bits per heavy atom. The van der Waals surface area contributed by atoms with E-state index in [1.54, 1.807) is 38.5 Å². The van der Waals surface area contributed by atoms with E-state index in [9.17, 15) is 9.50 Å². The summed E-state index contributed by atoms with van der Waals surface area (Å²) in [5.74, 6) is 0.921. The number of nitrogens with zero attached hydrogens (tertiary/aromatic N) is 2. The van der Waals surface area contributed by atoms with Crippen LogP contribution in [0.4, 0.5) is 4.39 Å². The Kier molecular flexibility index (Phi) is 6.69. The summed E-state index contributed by atoms with van der Waals surface area (Å²) < 4.78 is 32.1. The maximum Gasteiger partial charge on any atom is 0.163 e. The minimum absolute atomic E-state index is 0.111. The molecule has 164 valence electrons. The molecule has 3 aromatic rings. The van der Waals surface area contributed by atoms with Gasteiger partial charge < -0.3 is 19.3 Å². The molecule has 1 saturated carbocycles. The summed E-state index contributed by atoms with van der Waals surface area (Å²) in [5.41, 5.74) is 1.50. The minimum Gasteiger partial charge on any atom is -0.493 e. The summed E-state index contributed by atoms with van der Waals surface area (Å²) >= 11 is 3.28. The Bertz CT molecular complexity index is 1080. The van der Waals surface area contributed by atoms with E-state index in [0.717, 1.165) is 12.8 Å². The van der Waals surface area contributed by atoms with Crippen molar-refractivity contribution in [3.05, 3.63) is 46.9 Å². The van der Waals surface area contributed by atoms with Crippen molar-refractivity contribution in [1.29, 1.82) is 0 Å². The second kappa shape index (κ2) is 9.46. The lowest BCUT2D eigenvalue weighted by molar-refractivity contribution is -0.0545. The van der Waals surface area contributed by atoms with E-state index in [0.29, 0.717) is 51.2 Å². The molecule has 1 heterocycles. The number of fused-ring (bicyclic) bond motifs is 1. The highest BCUT2D eigenvalue weighted by Gasteiger charge is 2.29. The molecule has 0 saturated heterocycles. The third kappa shape index (κ3) is 4.66. The molecule has 3 unspecified atom stereocenters. The smallest absolute Gasteiger partial charge is 0.163 e. The number of aromatic nitrogens is 2. The average Bonchev–Trinajstić information content (AvgIpc) is 2.77. The molecule has 0 aliphatic heterocycles. The third-order valence-electron chi connectivity index (χ3n) is 5.75. The van der Waals surface area contributed by atoms with Gasteiger partial charge in [0.05, 0.1) is 37.1 Å². The Morgan fingerprint density at radius 1 is 1.13 bits per heavy atom. The van der Waals surface area contributed by atoms with Crippen LogP contribution in [0.1, 0.15) is 19.3 Å². The number of ether oxygens (including phenoxy) is 3. The molecular weight excluding hydrogens is 467 g/mol. The van der Waals surface area contributed by atoms with Crippen molar-refractivity contribution in [1.82, 2.24) is 9.97 Å². The van der Waals surface area contributed by atoms with Crippen molar-refractivity contribution >= 4 is 26.8 Å². The first-order valence-corrected chi connectivity index (χ1v) is 10.9. The molecule has 0 spiro atoms. The van der Waals surface area contributed by atoms with Crippen LogP contribution in [0, 0.1) is 11.7 Å². The molecule has 31 heavy (non-hydrogen) atoms. The van der Waals surface area contributed by atoms with Crippen molar-refractivity contribution in [3.8, 4) is 22.8 Å². The van der Waals surface area contributed by atoms with Crippen LogP contribution in [0.5, 0.6) is 11.5 Å². The van der Waals surface area contributed by atoms with Crippen LogP contribution in [-0.2, 0) is 4.74 Å². The number of methoxy groups -OCH3 is 2. The van der Waals surface area contributed by atoms with Gasteiger partial charge in [-0.2, -0.15) is 0 Å². The first-order chi connectivity index (χ1) is 15.0. The van der Waals surface area contributed by atoms with Crippen LogP contribution in [0.15, 0.2) is 41.1 Å². The molecule has 1 fully saturated rings. The van der Waals surface area contributed by atoms with Gasteiger partial charge in [-0.25, -0.2) is 14.4 Å². The van der Waals surface area contributed by atoms with E-state index in [4.69, 9.17) is 14.2 Å². The van der Waals surface area contributed by atoms with Crippen LogP contribution in [0.3, 0.4) is 0 Å². The lowest BCUT2D eigenvalue weighted by Crippen LogP contribution is -2.36. The van der Waals surface area contributed by atoms with E-state index in [-0.39, 0.29) is 17.8 Å². The highest BCUT2D eigenvalue weighted by atomic mass is 79.9. The first-order valence-electron chi connectivity index (χ1n) is 10.1. The molecule has 1 aliphatic rings. The number of halogens is 2. The van der Waals surface area contributed by atoms with Gasteiger partial charge in [-0.05, 0) is 49.4 Å². The van der Waals surface area contributed by atoms with Gasteiger partial charge in [0.2, 0.25) is 0 Å². The lowest BCUT2D eigenvalue weighted by atomic mass is 9.86. The molecule has 4 rings (SSSR count). The van der Waals surface area contributed by atoms with Gasteiger partial charge in [-0.3, -0.25) is 0 Å². The molecular formula is C23H24BrFN2O4. The van der Waals surface area contributed by atoms with Crippen LogP contribution >= 0.6 is 15.9 Å². The van der Waals surface area contributed by atoms with Crippen LogP contribution in [-0.4, -0.2) is 48.1 Å². The lowest BCUT2D eigenvalue weighted by Gasteiger charge is -2.32. The average molecular weight is 491 g/mol. The molecule has 1 aliphatic carbocycles. The highest BCUT2D eigenvalue weighted by molar-refractivity contribution is 9.10. The number of benzene rings is 2. The Balaban J connectivity index is 1.61. The minimum atomic E-state index is -0.484. The normalized spacial score (nSPS) is 21.3. The molecule has 0 radical (unpaired) electrons. The van der Waals surface area contributed by atoms with E-state index < -0.39 is 6.10 Å². The number of hydrogen-bond donors (Lipinski definition) is 1. The van der Waals surface area contributed by atoms with Crippen molar-refractivity contribution in [2.24, 2.45) is 5.92 Å². The zero-order valence-electron chi connectivity index (χ0n) is 17.3. The maximum absolute atomic E-state index is 14.6. The van der Waals surface area contributed by atoms with Gasteiger partial charge in [-0.1, -0.05) is 15.9 Å². The van der Waals surface area contributed by atoms with Gasteiger partial charge >= 0.3 is 0 Å². The summed E-state index contributed by atoms with van der Waals surface area (Å²) in [4.78, 5) is 8.66. The second-order valence-electron chi connectivity index (χ2n) is 7.70. The van der Waals surface area contributed by atoms with Crippen molar-refractivity contribution < 1.29 is 23.7 Å². The van der Waals surface area contributed by atoms with E-state index in [2.05, 4.69) is 25.9 Å². The largest absolute Gasteiger partial charge is 0.493 e. The molecule has 0 amide bonds. The van der Waals surface area contributed by atoms with Crippen LogP contribution < -0.4 is 9.47 Å². The summed E-state index contributed by atoms with van der Waals surface area (Å²) in [5, 5.41) is 10.9. The highest BCUT2D eigenvalue weighted by Crippen LogP contribution is 2.37. The van der Waals surface area contributed by atoms with Crippen molar-refractivity contribution in [2.75, 3.05) is 20.8 Å². The third-order valence-corrected chi connectivity index (χ3v) is 6.24. The van der Waals surface area contributed by atoms with Gasteiger partial charge in [0.15, 0.2) is 11.5 Å². The number of aliphatic hydroxyl groups is 1. The zero-order valence-corrected chi connectivity index (χ0v) is 18.9. The molecule has 2 aromatic carbocycles. The van der Waals surface area contributed by atoms with Gasteiger partial charge in [0.1, 0.15) is 12.1 Å². The molecule has 6 nitrogen and oxygen atoms in total. The van der Waals surface area contributed by atoms with Gasteiger partial charge in [0.25, 0.3) is 0 Å². The number of aliphatic hydroxyl groups excluding tert-OH is 1. The summed E-state index contributed by atoms with van der Waals surface area (Å²) in [6, 6.07) is 8.42. The van der Waals surface area contributed by atoms with Gasteiger partial charge in [0, 0.05) is 28.6 Å². The monoisotopic (exact) mass is 490 g/mol. The molecule has 8 heteroatoms. The fraction of sp³-hybridized carbons (Fsp3) is 0.391. The summed E-state index contributed by atoms with van der Waals surface area (Å²) in [7, 11) is 3.19. The Hall–Kier alpha value is -2.29. The topological polar surface area (TPSA) is 73.7 Å². The van der Waals surface area contributed by atoms with Crippen LogP contribution in [0.2, 0.25) is 0 Å². The van der Waals surface area contributed by atoms with Gasteiger partial charge in [-0.15, -0.1) is 0 Å². The van der Waals surface area contributed by atoms with Crippen molar-refractivity contribution in [3.63, 3.8) is 0 Å². The Morgan fingerprint density at radius 2 is 1.97 bits per heavy atom. The number of hydrogen-bond acceptors (Lipinski definition) is 6.